The van der Waals surface area contributed by atoms with Crippen LogP contribution >= 0.6 is 0 Å². The molecule has 45 heavy (non-hydrogen) atoms. The smallest absolute Gasteiger partial charge is 0.305 e. The van der Waals surface area contributed by atoms with Gasteiger partial charge >= 0.3 is 20.1 Å². The Balaban J connectivity index is 0.000000191. The Kier molecular flexibility index (Phi) is 13.0. The molecule has 0 aliphatic rings. The van der Waals surface area contributed by atoms with Gasteiger partial charge in [-0.05, 0) is 69.7 Å². The van der Waals surface area contributed by atoms with E-state index in [4.69, 9.17) is 0 Å². The van der Waals surface area contributed by atoms with Gasteiger partial charge in [-0.15, -0.1) is 71.8 Å². The molecule has 2 aromatic carbocycles. The maximum Gasteiger partial charge on any atom is 3.00 e. The first kappa shape index (κ1) is 35.2. The number of nitrogens with zero attached hydrogens (tertiary/aromatic N) is 4. The molecule has 0 saturated carbocycles. The van der Waals surface area contributed by atoms with Crippen LogP contribution in [-0.2, 0) is 30.9 Å². The number of aromatic nitrogens is 4. The molecule has 5 heteroatoms. The Hall–Kier alpha value is -4.31. The minimum Gasteiger partial charge on any atom is -0.305 e. The zero-order chi connectivity index (χ0) is 31.4. The summed E-state index contributed by atoms with van der Waals surface area (Å²) in [4.78, 5) is 17.4. The fraction of sp³-hybridized carbons (Fsp3) is 0.200. The van der Waals surface area contributed by atoms with Gasteiger partial charge in [0.1, 0.15) is 0 Å². The molecule has 0 saturated heterocycles. The topological polar surface area (TPSA) is 51.6 Å². The van der Waals surface area contributed by atoms with E-state index in [0.717, 1.165) is 33.9 Å². The van der Waals surface area contributed by atoms with Crippen molar-refractivity contribution in [1.82, 2.24) is 19.9 Å². The predicted octanol–water partition coefficient (Wildman–Crippen LogP) is 9.83. The van der Waals surface area contributed by atoms with Crippen molar-refractivity contribution in [2.24, 2.45) is 0 Å². The summed E-state index contributed by atoms with van der Waals surface area (Å²) >= 11 is 0. The first-order valence-corrected chi connectivity index (χ1v) is 14.8. The van der Waals surface area contributed by atoms with Gasteiger partial charge in [-0.2, -0.15) is 0 Å². The Labute approximate surface area is 282 Å². The van der Waals surface area contributed by atoms with E-state index < -0.39 is 0 Å². The van der Waals surface area contributed by atoms with Crippen molar-refractivity contribution >= 4 is 0 Å². The van der Waals surface area contributed by atoms with E-state index in [2.05, 4.69) is 97.9 Å². The van der Waals surface area contributed by atoms with Gasteiger partial charge in [0.2, 0.25) is 0 Å². The Bertz CT molecular complexity index is 1490. The van der Waals surface area contributed by atoms with Crippen LogP contribution in [0, 0.1) is 12.1 Å². The molecule has 4 aromatic heterocycles. The molecule has 228 valence electrons. The van der Waals surface area contributed by atoms with Gasteiger partial charge in [0.15, 0.2) is 0 Å². The van der Waals surface area contributed by atoms with Crippen LogP contribution in [-0.4, -0.2) is 19.9 Å². The van der Waals surface area contributed by atoms with Gasteiger partial charge in [0.25, 0.3) is 0 Å². The molecule has 0 atom stereocenters. The molecule has 0 fully saturated rings. The SMILES string of the molecule is CC(C)(C)c1ccnc(-c2cc(C(C)(C)C)ccn2)c1.[Ir+3].[c-]1ccccc1-c1ccccn1.[c-]1ccccc1-c1ccccn1. The molecule has 0 aliphatic carbocycles. The van der Waals surface area contributed by atoms with E-state index in [1.807, 2.05) is 97.3 Å². The van der Waals surface area contributed by atoms with E-state index in [1.54, 1.807) is 12.4 Å². The third-order valence-corrected chi connectivity index (χ3v) is 6.81. The first-order chi connectivity index (χ1) is 21.1. The number of pyridine rings is 4. The van der Waals surface area contributed by atoms with E-state index >= 15 is 0 Å². The number of hydrogen-bond acceptors (Lipinski definition) is 4. The maximum atomic E-state index is 4.48. The third-order valence-electron chi connectivity index (χ3n) is 6.81. The van der Waals surface area contributed by atoms with E-state index in [9.17, 15) is 0 Å². The van der Waals surface area contributed by atoms with E-state index in [1.165, 1.54) is 11.1 Å². The van der Waals surface area contributed by atoms with Gasteiger partial charge in [-0.1, -0.05) is 65.8 Å². The van der Waals surface area contributed by atoms with E-state index in [0.29, 0.717) is 0 Å². The minimum atomic E-state index is 0. The Morgan fingerprint density at radius 3 is 1.11 bits per heavy atom. The normalized spacial score (nSPS) is 10.7. The minimum absolute atomic E-state index is 0. The average molecular weight is 769 g/mol. The van der Waals surface area contributed by atoms with Gasteiger partial charge in [-0.3, -0.25) is 9.97 Å². The summed E-state index contributed by atoms with van der Waals surface area (Å²) in [6.07, 6.45) is 7.33. The second-order valence-corrected chi connectivity index (χ2v) is 12.3. The van der Waals surface area contributed by atoms with Gasteiger partial charge in [0.05, 0.1) is 11.4 Å². The monoisotopic (exact) mass is 769 g/mol. The molecule has 0 spiro atoms. The molecule has 0 amide bonds. The largest absolute Gasteiger partial charge is 3.00 e. The molecule has 0 unspecified atom stereocenters. The molecule has 0 radical (unpaired) electrons. The Morgan fingerprint density at radius 1 is 0.422 bits per heavy atom. The zero-order valence-corrected chi connectivity index (χ0v) is 29.2. The second-order valence-electron chi connectivity index (χ2n) is 12.3. The van der Waals surface area contributed by atoms with Crippen LogP contribution in [0.25, 0.3) is 33.9 Å². The summed E-state index contributed by atoms with van der Waals surface area (Å²) in [5.41, 5.74) is 8.73. The quantitative estimate of drug-likeness (QED) is 0.168. The maximum absolute atomic E-state index is 4.48. The molecular weight excluding hydrogens is 729 g/mol. The molecule has 0 aliphatic heterocycles. The van der Waals surface area contributed by atoms with Crippen molar-refractivity contribution in [1.29, 1.82) is 0 Å². The van der Waals surface area contributed by atoms with Crippen molar-refractivity contribution in [2.45, 2.75) is 52.4 Å². The van der Waals surface area contributed by atoms with Crippen LogP contribution in [0.5, 0.6) is 0 Å². The van der Waals surface area contributed by atoms with Crippen LogP contribution in [0.4, 0.5) is 0 Å². The predicted molar refractivity (Wildman–Crippen MR) is 182 cm³/mol. The van der Waals surface area contributed by atoms with Gasteiger partial charge < -0.3 is 9.97 Å². The van der Waals surface area contributed by atoms with Gasteiger partial charge in [0, 0.05) is 24.8 Å². The summed E-state index contributed by atoms with van der Waals surface area (Å²) in [6, 6.07) is 42.1. The zero-order valence-electron chi connectivity index (χ0n) is 26.8. The molecule has 0 bridgehead atoms. The number of hydrogen-bond donors (Lipinski definition) is 0. The van der Waals surface area contributed by atoms with Crippen LogP contribution in [0.15, 0.2) is 134 Å². The summed E-state index contributed by atoms with van der Waals surface area (Å²) in [6.45, 7) is 13.3. The van der Waals surface area contributed by atoms with Crippen LogP contribution in [0.2, 0.25) is 0 Å². The van der Waals surface area contributed by atoms with Crippen LogP contribution < -0.4 is 0 Å². The molecule has 6 rings (SSSR count). The van der Waals surface area contributed by atoms with Crippen molar-refractivity contribution < 1.29 is 20.1 Å². The number of benzene rings is 2. The fourth-order valence-corrected chi connectivity index (χ4v) is 4.22. The van der Waals surface area contributed by atoms with Crippen molar-refractivity contribution in [3.63, 3.8) is 0 Å². The second kappa shape index (κ2) is 16.7. The summed E-state index contributed by atoms with van der Waals surface area (Å²) in [5.74, 6) is 0. The van der Waals surface area contributed by atoms with Gasteiger partial charge in [-0.25, -0.2) is 0 Å². The standard InChI is InChI=1S/C18H24N2.2C11H8N.Ir/c1-17(2,3)13-7-9-19-15(11-13)16-12-14(8-10-20-16)18(4,5)6;2*1-2-6-10(7-3-1)11-8-4-5-9-12-11;/h7-12H,1-6H3;2*1-6,8-9H;/q;2*-1;+3. The molecule has 4 heterocycles. The van der Waals surface area contributed by atoms with Crippen molar-refractivity contribution in [2.75, 3.05) is 0 Å². The molecule has 0 N–H and O–H groups in total. The summed E-state index contributed by atoms with van der Waals surface area (Å²) < 4.78 is 0. The van der Waals surface area contributed by atoms with E-state index in [-0.39, 0.29) is 30.9 Å². The van der Waals surface area contributed by atoms with Crippen LogP contribution in [0.3, 0.4) is 0 Å². The summed E-state index contributed by atoms with van der Waals surface area (Å²) in [7, 11) is 0. The average Bonchev–Trinajstić information content (AvgIpc) is 3.06. The molecule has 6 aromatic rings. The third kappa shape index (κ3) is 11.0. The molecular formula is C40H40IrN4+. The molecule has 4 nitrogen and oxygen atoms in total. The fourth-order valence-electron chi connectivity index (χ4n) is 4.22. The van der Waals surface area contributed by atoms with Crippen LogP contribution in [0.1, 0.15) is 52.7 Å². The van der Waals surface area contributed by atoms with Crippen molar-refractivity contribution in [3.8, 4) is 33.9 Å². The first-order valence-electron chi connectivity index (χ1n) is 14.8. The van der Waals surface area contributed by atoms with Crippen molar-refractivity contribution in [3.05, 3.63) is 157 Å². The Morgan fingerprint density at radius 2 is 0.800 bits per heavy atom. The summed E-state index contributed by atoms with van der Waals surface area (Å²) in [5, 5.41) is 0. The number of rotatable bonds is 3.